The van der Waals surface area contributed by atoms with E-state index in [4.69, 9.17) is 4.52 Å². The quantitative estimate of drug-likeness (QED) is 0.835. The van der Waals surface area contributed by atoms with Gasteiger partial charge in [0.1, 0.15) is 5.82 Å². The second kappa shape index (κ2) is 5.24. The van der Waals surface area contributed by atoms with Crippen molar-refractivity contribution in [2.75, 3.05) is 0 Å². The summed E-state index contributed by atoms with van der Waals surface area (Å²) in [6.45, 7) is 6.98. The third kappa shape index (κ3) is 2.71. The van der Waals surface area contributed by atoms with Crippen molar-refractivity contribution in [3.63, 3.8) is 0 Å². The van der Waals surface area contributed by atoms with E-state index in [0.29, 0.717) is 17.2 Å². The summed E-state index contributed by atoms with van der Waals surface area (Å²) in [4.78, 5) is 4.46. The molecule has 0 bridgehead atoms. The third-order valence-electron chi connectivity index (χ3n) is 5.26. The van der Waals surface area contributed by atoms with Crippen molar-refractivity contribution < 1.29 is 8.91 Å². The lowest BCUT2D eigenvalue weighted by atomic mass is 9.75. The van der Waals surface area contributed by atoms with Crippen LogP contribution in [0.1, 0.15) is 39.4 Å². The molecule has 2 atom stereocenters. The molecule has 3 nitrogen and oxygen atoms in total. The summed E-state index contributed by atoms with van der Waals surface area (Å²) < 4.78 is 18.2. The minimum absolute atomic E-state index is 0.264. The van der Waals surface area contributed by atoms with Gasteiger partial charge in [-0.3, -0.25) is 0 Å². The molecule has 1 aliphatic rings. The maximum absolute atomic E-state index is 12.9. The Morgan fingerprint density at radius 2 is 1.95 bits per heavy atom. The fourth-order valence-corrected chi connectivity index (χ4v) is 3.23. The maximum atomic E-state index is 12.9. The Morgan fingerprint density at radius 1 is 1.24 bits per heavy atom. The first kappa shape index (κ1) is 14.2. The normalized spacial score (nSPS) is 24.4. The van der Waals surface area contributed by atoms with Gasteiger partial charge in [-0.15, -0.1) is 0 Å². The lowest BCUT2D eigenvalue weighted by Crippen LogP contribution is -2.25. The van der Waals surface area contributed by atoms with E-state index in [9.17, 15) is 4.39 Å². The molecule has 21 heavy (non-hydrogen) atoms. The predicted molar refractivity (Wildman–Crippen MR) is 79.1 cm³/mol. The summed E-state index contributed by atoms with van der Waals surface area (Å²) in [7, 11) is 0. The molecule has 0 amide bonds. The molecule has 3 rings (SSSR count). The molecule has 1 saturated carbocycles. The van der Waals surface area contributed by atoms with Gasteiger partial charge in [0.05, 0.1) is 0 Å². The first-order valence-corrected chi connectivity index (χ1v) is 7.55. The van der Waals surface area contributed by atoms with Crippen molar-refractivity contribution in [2.24, 2.45) is 17.3 Å². The van der Waals surface area contributed by atoms with Gasteiger partial charge in [0, 0.05) is 12.0 Å². The van der Waals surface area contributed by atoms with Crippen molar-refractivity contribution >= 4 is 0 Å². The molecule has 0 N–H and O–H groups in total. The fourth-order valence-electron chi connectivity index (χ4n) is 3.23. The van der Waals surface area contributed by atoms with Crippen molar-refractivity contribution in [3.8, 4) is 11.5 Å². The molecule has 0 aliphatic heterocycles. The van der Waals surface area contributed by atoms with Crippen LogP contribution >= 0.6 is 0 Å². The number of benzene rings is 1. The highest BCUT2D eigenvalue weighted by atomic mass is 19.1. The first-order valence-electron chi connectivity index (χ1n) is 7.55. The third-order valence-corrected chi connectivity index (χ3v) is 5.26. The fraction of sp³-hybridized carbons (Fsp3) is 0.529. The zero-order valence-electron chi connectivity index (χ0n) is 12.8. The van der Waals surface area contributed by atoms with E-state index in [2.05, 4.69) is 30.9 Å². The van der Waals surface area contributed by atoms with E-state index < -0.39 is 0 Å². The van der Waals surface area contributed by atoms with Crippen LogP contribution in [0.2, 0.25) is 0 Å². The predicted octanol–water partition coefficient (Wildman–Crippen LogP) is 4.49. The molecule has 1 aliphatic carbocycles. The molecule has 1 heterocycles. The van der Waals surface area contributed by atoms with Crippen LogP contribution in [0.3, 0.4) is 0 Å². The maximum Gasteiger partial charge on any atom is 0.257 e. The van der Waals surface area contributed by atoms with Gasteiger partial charge >= 0.3 is 0 Å². The van der Waals surface area contributed by atoms with Gasteiger partial charge in [-0.1, -0.05) is 25.9 Å². The average Bonchev–Trinajstić information content (AvgIpc) is 3.00. The van der Waals surface area contributed by atoms with E-state index >= 15 is 0 Å². The SMILES string of the molecule is C[C@@H]1CC[C@@H](Cc2noc(-c3ccc(F)cc3)n2)C1(C)C. The monoisotopic (exact) mass is 288 g/mol. The van der Waals surface area contributed by atoms with Gasteiger partial charge in [0.2, 0.25) is 0 Å². The van der Waals surface area contributed by atoms with Crippen molar-refractivity contribution in [1.29, 1.82) is 0 Å². The number of nitrogens with zero attached hydrogens (tertiary/aromatic N) is 2. The molecular weight excluding hydrogens is 267 g/mol. The summed E-state index contributed by atoms with van der Waals surface area (Å²) in [6, 6.07) is 6.13. The average molecular weight is 288 g/mol. The van der Waals surface area contributed by atoms with Crippen LogP contribution in [0.5, 0.6) is 0 Å². The highest BCUT2D eigenvalue weighted by Gasteiger charge is 2.40. The van der Waals surface area contributed by atoms with Gasteiger partial charge < -0.3 is 4.52 Å². The van der Waals surface area contributed by atoms with Crippen LogP contribution in [0.25, 0.3) is 11.5 Å². The van der Waals surface area contributed by atoms with E-state index in [1.807, 2.05) is 0 Å². The summed E-state index contributed by atoms with van der Waals surface area (Å²) >= 11 is 0. The van der Waals surface area contributed by atoms with Gasteiger partial charge in [-0.2, -0.15) is 4.98 Å². The Balaban J connectivity index is 1.75. The van der Waals surface area contributed by atoms with E-state index in [1.165, 1.54) is 25.0 Å². The van der Waals surface area contributed by atoms with Crippen LogP contribution in [0.4, 0.5) is 4.39 Å². The molecule has 2 aromatic rings. The molecule has 0 radical (unpaired) electrons. The largest absolute Gasteiger partial charge is 0.334 e. The molecule has 1 fully saturated rings. The van der Waals surface area contributed by atoms with Gasteiger partial charge in [0.15, 0.2) is 5.82 Å². The highest BCUT2D eigenvalue weighted by Crippen LogP contribution is 2.48. The van der Waals surface area contributed by atoms with Crippen LogP contribution in [0, 0.1) is 23.1 Å². The van der Waals surface area contributed by atoms with Crippen LogP contribution < -0.4 is 0 Å². The molecule has 1 aromatic heterocycles. The molecule has 4 heteroatoms. The number of hydrogen-bond donors (Lipinski definition) is 0. The Morgan fingerprint density at radius 3 is 2.57 bits per heavy atom. The second-order valence-corrected chi connectivity index (χ2v) is 6.72. The van der Waals surface area contributed by atoms with E-state index in [-0.39, 0.29) is 5.82 Å². The molecule has 112 valence electrons. The van der Waals surface area contributed by atoms with Crippen LogP contribution in [0.15, 0.2) is 28.8 Å². The molecular formula is C17H21FN2O. The summed E-state index contributed by atoms with van der Waals surface area (Å²) in [5.74, 6) is 2.27. The lowest BCUT2D eigenvalue weighted by Gasteiger charge is -2.30. The van der Waals surface area contributed by atoms with Crippen molar-refractivity contribution in [1.82, 2.24) is 10.1 Å². The minimum atomic E-state index is -0.264. The van der Waals surface area contributed by atoms with Crippen LogP contribution in [-0.4, -0.2) is 10.1 Å². The Hall–Kier alpha value is -1.71. The standard InChI is InChI=1S/C17H21FN2O/c1-11-4-7-13(17(11,2)3)10-15-19-16(21-20-15)12-5-8-14(18)9-6-12/h5-6,8-9,11,13H,4,7,10H2,1-3H3/t11-,13+/m1/s1. The van der Waals surface area contributed by atoms with Gasteiger partial charge in [-0.25, -0.2) is 4.39 Å². The minimum Gasteiger partial charge on any atom is -0.334 e. The molecule has 0 saturated heterocycles. The molecule has 0 spiro atoms. The van der Waals surface area contributed by atoms with Crippen molar-refractivity contribution in [3.05, 3.63) is 35.9 Å². The lowest BCUT2D eigenvalue weighted by molar-refractivity contribution is 0.194. The second-order valence-electron chi connectivity index (χ2n) is 6.72. The first-order chi connectivity index (χ1) is 9.96. The topological polar surface area (TPSA) is 38.9 Å². The smallest absolute Gasteiger partial charge is 0.257 e. The number of rotatable bonds is 3. The summed E-state index contributed by atoms with van der Waals surface area (Å²) in [5.41, 5.74) is 1.07. The van der Waals surface area contributed by atoms with E-state index in [1.54, 1.807) is 12.1 Å². The summed E-state index contributed by atoms with van der Waals surface area (Å²) in [5, 5.41) is 4.09. The Bertz CT molecular complexity index is 618. The number of aromatic nitrogens is 2. The summed E-state index contributed by atoms with van der Waals surface area (Å²) in [6.07, 6.45) is 3.33. The highest BCUT2D eigenvalue weighted by molar-refractivity contribution is 5.52. The molecule has 1 aromatic carbocycles. The Labute approximate surface area is 124 Å². The number of halogens is 1. The van der Waals surface area contributed by atoms with Crippen molar-refractivity contribution in [2.45, 2.75) is 40.0 Å². The molecule has 0 unspecified atom stereocenters. The zero-order chi connectivity index (χ0) is 15.0. The zero-order valence-corrected chi connectivity index (χ0v) is 12.8. The van der Waals surface area contributed by atoms with Gasteiger partial charge in [-0.05, 0) is 54.4 Å². The number of hydrogen-bond acceptors (Lipinski definition) is 3. The van der Waals surface area contributed by atoms with E-state index in [0.717, 1.165) is 23.7 Å². The van der Waals surface area contributed by atoms with Gasteiger partial charge in [0.25, 0.3) is 5.89 Å². The Kier molecular flexibility index (Phi) is 3.56. The van der Waals surface area contributed by atoms with Crippen LogP contribution in [-0.2, 0) is 6.42 Å².